The van der Waals surface area contributed by atoms with E-state index in [1.807, 2.05) is 0 Å². The van der Waals surface area contributed by atoms with Crippen molar-refractivity contribution in [3.63, 3.8) is 0 Å². The molecule has 2 aromatic rings. The Balaban J connectivity index is 1.92. The van der Waals surface area contributed by atoms with Crippen LogP contribution in [0.1, 0.15) is 26.3 Å². The predicted molar refractivity (Wildman–Crippen MR) is 78.8 cm³/mol. The Bertz CT molecular complexity index is 674. The highest BCUT2D eigenvalue weighted by atomic mass is 16.5. The van der Waals surface area contributed by atoms with Crippen LogP contribution in [0.15, 0.2) is 54.6 Å². The van der Waals surface area contributed by atoms with Gasteiger partial charge in [0.05, 0.1) is 12.0 Å². The van der Waals surface area contributed by atoms with Crippen molar-refractivity contribution in [2.24, 2.45) is 0 Å². The minimum Gasteiger partial charge on any atom is -0.481 e. The molecule has 0 aliphatic heterocycles. The molecule has 0 fully saturated rings. The molecule has 1 N–H and O–H groups in total. The fraction of sp³-hybridized carbons (Fsp3) is 0.118. The molecule has 0 aliphatic carbocycles. The van der Waals surface area contributed by atoms with E-state index in [9.17, 15) is 14.4 Å². The fourth-order valence-corrected chi connectivity index (χ4v) is 1.86. The Morgan fingerprint density at radius 2 is 1.50 bits per heavy atom. The molecular formula is C17H14O5. The molecule has 0 aliphatic rings. The zero-order valence-corrected chi connectivity index (χ0v) is 11.7. The van der Waals surface area contributed by atoms with Gasteiger partial charge in [0.2, 0.25) is 0 Å². The second-order valence-electron chi connectivity index (χ2n) is 4.63. The second-order valence-corrected chi connectivity index (χ2v) is 4.63. The molecule has 0 saturated heterocycles. The van der Waals surface area contributed by atoms with E-state index in [0.29, 0.717) is 11.1 Å². The van der Waals surface area contributed by atoms with Gasteiger partial charge >= 0.3 is 11.9 Å². The average Bonchev–Trinajstić information content (AvgIpc) is 2.53. The van der Waals surface area contributed by atoms with Crippen molar-refractivity contribution >= 4 is 17.7 Å². The number of carbonyl (C=O) groups excluding carboxylic acids is 2. The van der Waals surface area contributed by atoms with Gasteiger partial charge < -0.3 is 9.84 Å². The minimum atomic E-state index is -0.941. The van der Waals surface area contributed by atoms with Gasteiger partial charge in [-0.05, 0) is 17.7 Å². The number of esters is 1. The number of rotatable bonds is 6. The Morgan fingerprint density at radius 1 is 0.864 bits per heavy atom. The molecular weight excluding hydrogens is 284 g/mol. The van der Waals surface area contributed by atoms with Crippen LogP contribution in [-0.4, -0.2) is 29.4 Å². The molecule has 112 valence electrons. The molecule has 0 aromatic heterocycles. The van der Waals surface area contributed by atoms with Crippen molar-refractivity contribution in [2.75, 3.05) is 6.61 Å². The molecule has 2 aromatic carbocycles. The standard InChI is InChI=1S/C17H14O5/c18-15(13-4-2-1-3-5-13)11-22-17(21)14-8-6-12(7-9-14)10-16(19)20/h1-9H,10-11H2,(H,19,20). The SMILES string of the molecule is O=C(O)Cc1ccc(C(=O)OCC(=O)c2ccccc2)cc1. The van der Waals surface area contributed by atoms with Crippen molar-refractivity contribution in [2.45, 2.75) is 6.42 Å². The van der Waals surface area contributed by atoms with Gasteiger partial charge in [0, 0.05) is 5.56 Å². The zero-order chi connectivity index (χ0) is 15.9. The van der Waals surface area contributed by atoms with Crippen molar-refractivity contribution in [3.8, 4) is 0 Å². The highest BCUT2D eigenvalue weighted by molar-refractivity contribution is 5.99. The van der Waals surface area contributed by atoms with E-state index in [0.717, 1.165) is 0 Å². The molecule has 0 heterocycles. The summed E-state index contributed by atoms with van der Waals surface area (Å²) in [6, 6.07) is 14.6. The Hall–Kier alpha value is -2.95. The summed E-state index contributed by atoms with van der Waals surface area (Å²) in [6.45, 7) is -0.334. The maximum absolute atomic E-state index is 11.8. The Labute approximate surface area is 127 Å². The van der Waals surface area contributed by atoms with Crippen LogP contribution >= 0.6 is 0 Å². The third-order valence-corrected chi connectivity index (χ3v) is 2.98. The first-order chi connectivity index (χ1) is 10.6. The molecule has 22 heavy (non-hydrogen) atoms. The van der Waals surface area contributed by atoms with Gasteiger partial charge in [0.15, 0.2) is 12.4 Å². The number of hydrogen-bond donors (Lipinski definition) is 1. The first kappa shape index (κ1) is 15.4. The Kier molecular flexibility index (Phi) is 5.03. The maximum atomic E-state index is 11.8. The third kappa shape index (κ3) is 4.28. The van der Waals surface area contributed by atoms with Gasteiger partial charge in [-0.1, -0.05) is 42.5 Å². The lowest BCUT2D eigenvalue weighted by Gasteiger charge is -2.05. The summed E-state index contributed by atoms with van der Waals surface area (Å²) in [5, 5.41) is 8.67. The molecule has 0 atom stereocenters. The highest BCUT2D eigenvalue weighted by Gasteiger charge is 2.11. The number of ketones is 1. The first-order valence-electron chi connectivity index (χ1n) is 6.62. The van der Waals surface area contributed by atoms with Crippen LogP contribution in [0.4, 0.5) is 0 Å². The number of hydrogen-bond acceptors (Lipinski definition) is 4. The number of carbonyl (C=O) groups is 3. The van der Waals surface area contributed by atoms with Crippen molar-refractivity contribution in [1.29, 1.82) is 0 Å². The minimum absolute atomic E-state index is 0.109. The molecule has 2 rings (SSSR count). The van der Waals surface area contributed by atoms with Crippen LogP contribution in [0, 0.1) is 0 Å². The lowest BCUT2D eigenvalue weighted by molar-refractivity contribution is -0.136. The summed E-state index contributed by atoms with van der Waals surface area (Å²) in [5.74, 6) is -1.84. The number of benzene rings is 2. The molecule has 0 radical (unpaired) electrons. The number of carboxylic acids is 1. The van der Waals surface area contributed by atoms with Crippen LogP contribution in [-0.2, 0) is 16.0 Å². The summed E-state index contributed by atoms with van der Waals surface area (Å²) in [5.41, 5.74) is 1.34. The normalized spacial score (nSPS) is 10.0. The summed E-state index contributed by atoms with van der Waals surface area (Å²) in [4.78, 5) is 34.2. The first-order valence-corrected chi connectivity index (χ1v) is 6.62. The summed E-state index contributed by atoms with van der Waals surface area (Å²) < 4.78 is 4.96. The monoisotopic (exact) mass is 298 g/mol. The number of ether oxygens (including phenoxy) is 1. The van der Waals surface area contributed by atoms with E-state index >= 15 is 0 Å². The van der Waals surface area contributed by atoms with Crippen LogP contribution in [0.2, 0.25) is 0 Å². The third-order valence-electron chi connectivity index (χ3n) is 2.98. The molecule has 5 heteroatoms. The smallest absolute Gasteiger partial charge is 0.338 e. The molecule has 0 spiro atoms. The van der Waals surface area contributed by atoms with E-state index in [1.165, 1.54) is 12.1 Å². The summed E-state index contributed by atoms with van der Waals surface area (Å²) >= 11 is 0. The van der Waals surface area contributed by atoms with E-state index in [-0.39, 0.29) is 24.4 Å². The quantitative estimate of drug-likeness (QED) is 0.654. The molecule has 0 amide bonds. The average molecular weight is 298 g/mol. The lowest BCUT2D eigenvalue weighted by Crippen LogP contribution is -2.14. The van der Waals surface area contributed by atoms with Gasteiger partial charge in [0.25, 0.3) is 0 Å². The van der Waals surface area contributed by atoms with Gasteiger partial charge in [-0.25, -0.2) is 4.79 Å². The zero-order valence-electron chi connectivity index (χ0n) is 11.7. The van der Waals surface area contributed by atoms with E-state index in [2.05, 4.69) is 0 Å². The van der Waals surface area contributed by atoms with Gasteiger partial charge in [0.1, 0.15) is 0 Å². The molecule has 0 bridgehead atoms. The van der Waals surface area contributed by atoms with Crippen molar-refractivity contribution < 1.29 is 24.2 Å². The van der Waals surface area contributed by atoms with Gasteiger partial charge in [-0.15, -0.1) is 0 Å². The number of Topliss-reactive ketones (excluding diaryl/α,β-unsaturated/α-hetero) is 1. The predicted octanol–water partition coefficient (Wildman–Crippen LogP) is 2.35. The maximum Gasteiger partial charge on any atom is 0.338 e. The molecule has 0 saturated carbocycles. The van der Waals surface area contributed by atoms with Crippen LogP contribution in [0.25, 0.3) is 0 Å². The van der Waals surface area contributed by atoms with Crippen LogP contribution in [0.5, 0.6) is 0 Å². The second kappa shape index (κ2) is 7.17. The number of carboxylic acid groups (broad SMARTS) is 1. The van der Waals surface area contributed by atoms with E-state index in [1.54, 1.807) is 42.5 Å². The summed E-state index contributed by atoms with van der Waals surface area (Å²) in [6.07, 6.45) is -0.109. The van der Waals surface area contributed by atoms with Crippen molar-refractivity contribution in [1.82, 2.24) is 0 Å². The van der Waals surface area contributed by atoms with Crippen molar-refractivity contribution in [3.05, 3.63) is 71.3 Å². The largest absolute Gasteiger partial charge is 0.481 e. The molecule has 0 unspecified atom stereocenters. The van der Waals surface area contributed by atoms with E-state index < -0.39 is 11.9 Å². The lowest BCUT2D eigenvalue weighted by atomic mass is 10.1. The highest BCUT2D eigenvalue weighted by Crippen LogP contribution is 2.08. The van der Waals surface area contributed by atoms with Crippen LogP contribution in [0.3, 0.4) is 0 Å². The van der Waals surface area contributed by atoms with Gasteiger partial charge in [-0.3, -0.25) is 9.59 Å². The fourth-order valence-electron chi connectivity index (χ4n) is 1.86. The van der Waals surface area contributed by atoms with Gasteiger partial charge in [-0.2, -0.15) is 0 Å². The summed E-state index contributed by atoms with van der Waals surface area (Å²) in [7, 11) is 0. The molecule has 5 nitrogen and oxygen atoms in total. The Morgan fingerprint density at radius 3 is 2.09 bits per heavy atom. The van der Waals surface area contributed by atoms with Crippen LogP contribution < -0.4 is 0 Å². The number of aliphatic carboxylic acids is 1. The van der Waals surface area contributed by atoms with E-state index in [4.69, 9.17) is 9.84 Å². The topological polar surface area (TPSA) is 80.7 Å².